The molecule has 2 rings (SSSR count). The number of allylic oxidation sites excluding steroid dienone is 1. The van der Waals surface area contributed by atoms with Gasteiger partial charge in [0.05, 0.1) is 12.5 Å². The van der Waals surface area contributed by atoms with Crippen molar-refractivity contribution >= 4 is 57.9 Å². The third-order valence-corrected chi connectivity index (χ3v) is 7.17. The lowest BCUT2D eigenvalue weighted by molar-refractivity contribution is -0.152. The Morgan fingerprint density at radius 2 is 1.92 bits per heavy atom. The summed E-state index contributed by atoms with van der Waals surface area (Å²) in [5, 5.41) is 2.59. The van der Waals surface area contributed by atoms with Gasteiger partial charge in [-0.05, 0) is 51.2 Å². The number of ether oxygens (including phenoxy) is 2. The molecule has 0 saturated carbocycles. The molecule has 0 aliphatic carbocycles. The average molecular weight is 569 g/mol. The van der Waals surface area contributed by atoms with Gasteiger partial charge < -0.3 is 14.8 Å². The lowest BCUT2D eigenvalue weighted by Crippen LogP contribution is -2.48. The predicted molar refractivity (Wildman–Crippen MR) is 153 cm³/mol. The molecule has 0 radical (unpaired) electrons. The summed E-state index contributed by atoms with van der Waals surface area (Å²) in [6.45, 7) is 8.81. The molecule has 1 aromatic rings. The summed E-state index contributed by atoms with van der Waals surface area (Å²) in [6.07, 6.45) is 3.06. The van der Waals surface area contributed by atoms with E-state index in [0.29, 0.717) is 28.8 Å². The van der Waals surface area contributed by atoms with Crippen LogP contribution in [-0.2, 0) is 25.5 Å². The minimum Gasteiger partial charge on any atom is -0.456 e. The van der Waals surface area contributed by atoms with Crippen LogP contribution in [0.25, 0.3) is 0 Å². The molecule has 7 nitrogen and oxygen atoms in total. The monoisotopic (exact) mass is 568 g/mol. The van der Waals surface area contributed by atoms with Gasteiger partial charge in [0.15, 0.2) is 0 Å². The normalized spacial score (nSPS) is 17.6. The largest absolute Gasteiger partial charge is 0.456 e. The van der Waals surface area contributed by atoms with Crippen molar-refractivity contribution in [1.29, 1.82) is 0 Å². The first-order valence-corrected chi connectivity index (χ1v) is 14.3. The Labute approximate surface area is 234 Å². The van der Waals surface area contributed by atoms with Crippen LogP contribution in [-0.4, -0.2) is 62.6 Å². The van der Waals surface area contributed by atoms with Gasteiger partial charge in [0.25, 0.3) is 0 Å². The minimum atomic E-state index is -0.942. The van der Waals surface area contributed by atoms with E-state index in [1.54, 1.807) is 51.7 Å². The van der Waals surface area contributed by atoms with Crippen molar-refractivity contribution in [3.63, 3.8) is 0 Å². The highest BCUT2D eigenvalue weighted by atomic mass is 35.5. The topological polar surface area (TPSA) is 84.9 Å². The smallest absolute Gasteiger partial charge is 0.408 e. The molecule has 3 atom stereocenters. The highest BCUT2D eigenvalue weighted by Crippen LogP contribution is 2.28. The van der Waals surface area contributed by atoms with Crippen LogP contribution in [0.4, 0.5) is 4.79 Å². The Bertz CT molecular complexity index is 965. The number of nitrogens with zero attached hydrogens (tertiary/aromatic N) is 1. The first-order chi connectivity index (χ1) is 17.4. The SMILES string of the molecule is CC(C)[C@H](NC(=O)OC(C)(C)C)C(=O)OC(/C=C/CCCl)CC(=O)N1C(=S)SCC1Cc1ccccc1. The Balaban J connectivity index is 2.13. The molecule has 1 N–H and O–H groups in total. The average Bonchev–Trinajstić information content (AvgIpc) is 3.16. The highest BCUT2D eigenvalue weighted by Gasteiger charge is 2.36. The number of thioether (sulfide) groups is 1. The Hall–Kier alpha value is -2.10. The Morgan fingerprint density at radius 1 is 1.24 bits per heavy atom. The number of rotatable bonds is 11. The number of alkyl halides is 1. The number of amides is 2. The second-order valence-corrected chi connectivity index (χ2v) is 12.2. The van der Waals surface area contributed by atoms with Crippen LogP contribution in [0.1, 0.15) is 53.0 Å². The fourth-order valence-corrected chi connectivity index (χ4v) is 5.26. The summed E-state index contributed by atoms with van der Waals surface area (Å²) in [6, 6.07) is 8.92. The number of halogens is 1. The van der Waals surface area contributed by atoms with Crippen LogP contribution >= 0.6 is 35.6 Å². The third kappa shape index (κ3) is 10.7. The van der Waals surface area contributed by atoms with Crippen molar-refractivity contribution in [2.24, 2.45) is 5.92 Å². The molecular formula is C27H37ClN2O5S2. The summed E-state index contributed by atoms with van der Waals surface area (Å²) < 4.78 is 11.5. The maximum absolute atomic E-state index is 13.4. The van der Waals surface area contributed by atoms with E-state index >= 15 is 0 Å². The fraction of sp³-hybridized carbons (Fsp3) is 0.556. The van der Waals surface area contributed by atoms with Gasteiger partial charge in [-0.1, -0.05) is 74.2 Å². The number of hydrogen-bond acceptors (Lipinski definition) is 7. The van der Waals surface area contributed by atoms with Crippen molar-refractivity contribution in [3.05, 3.63) is 48.0 Å². The van der Waals surface area contributed by atoms with Crippen molar-refractivity contribution in [2.75, 3.05) is 11.6 Å². The molecule has 1 saturated heterocycles. The maximum atomic E-state index is 13.4. The molecule has 1 aliphatic heterocycles. The highest BCUT2D eigenvalue weighted by molar-refractivity contribution is 8.23. The number of carbonyl (C=O) groups excluding carboxylic acids is 3. The van der Waals surface area contributed by atoms with E-state index in [1.807, 2.05) is 30.3 Å². The van der Waals surface area contributed by atoms with Gasteiger partial charge in [0.2, 0.25) is 5.91 Å². The van der Waals surface area contributed by atoms with E-state index in [1.165, 1.54) is 11.8 Å². The van der Waals surface area contributed by atoms with Gasteiger partial charge in [-0.2, -0.15) is 0 Å². The summed E-state index contributed by atoms with van der Waals surface area (Å²) in [5.41, 5.74) is 0.408. The van der Waals surface area contributed by atoms with E-state index in [-0.39, 0.29) is 24.3 Å². The number of esters is 1. The standard InChI is InChI=1S/C27H37ClN2O5S2/c1-18(2)23(29-25(33)35-27(3,4)5)24(32)34-21(13-9-10-14-28)16-22(31)30-20(17-37-26(30)36)15-19-11-7-6-8-12-19/h6-9,11-13,18,20-21,23H,10,14-17H2,1-5H3,(H,29,33)/b13-9+/t20?,21?,23-/m0/s1. The van der Waals surface area contributed by atoms with Gasteiger partial charge in [-0.25, -0.2) is 9.59 Å². The van der Waals surface area contributed by atoms with Crippen molar-refractivity contribution in [1.82, 2.24) is 10.2 Å². The van der Waals surface area contributed by atoms with Crippen molar-refractivity contribution < 1.29 is 23.9 Å². The second kappa shape index (κ2) is 14.7. The van der Waals surface area contributed by atoms with E-state index < -0.39 is 29.8 Å². The molecule has 1 heterocycles. The molecule has 2 amide bonds. The quantitative estimate of drug-likeness (QED) is 0.163. The summed E-state index contributed by atoms with van der Waals surface area (Å²) >= 11 is 12.8. The molecule has 1 aliphatic rings. The minimum absolute atomic E-state index is 0.0756. The molecular weight excluding hydrogens is 532 g/mol. The van der Waals surface area contributed by atoms with Crippen LogP contribution in [0, 0.1) is 5.92 Å². The van der Waals surface area contributed by atoms with Gasteiger partial charge >= 0.3 is 12.1 Å². The lowest BCUT2D eigenvalue weighted by Gasteiger charge is -2.27. The summed E-state index contributed by atoms with van der Waals surface area (Å²) in [4.78, 5) is 40.4. The molecule has 1 aromatic carbocycles. The predicted octanol–water partition coefficient (Wildman–Crippen LogP) is 5.49. The van der Waals surface area contributed by atoms with Crippen LogP contribution in [0.15, 0.2) is 42.5 Å². The number of hydrogen-bond donors (Lipinski definition) is 1. The first kappa shape index (κ1) is 31.1. The van der Waals surface area contributed by atoms with Gasteiger partial charge in [0.1, 0.15) is 22.1 Å². The van der Waals surface area contributed by atoms with Crippen molar-refractivity contribution in [2.45, 2.75) is 77.7 Å². The third-order valence-electron chi connectivity index (χ3n) is 5.41. The fourth-order valence-electron chi connectivity index (χ4n) is 3.69. The van der Waals surface area contributed by atoms with Crippen LogP contribution in [0.3, 0.4) is 0 Å². The zero-order valence-electron chi connectivity index (χ0n) is 22.1. The van der Waals surface area contributed by atoms with Crippen molar-refractivity contribution in [3.8, 4) is 0 Å². The molecule has 1 fully saturated rings. The molecule has 10 heteroatoms. The second-order valence-electron chi connectivity index (χ2n) is 10.1. The first-order valence-electron chi connectivity index (χ1n) is 12.4. The molecule has 37 heavy (non-hydrogen) atoms. The van der Waals surface area contributed by atoms with E-state index in [0.717, 1.165) is 5.56 Å². The lowest BCUT2D eigenvalue weighted by atomic mass is 10.0. The molecule has 2 unspecified atom stereocenters. The van der Waals surface area contributed by atoms with E-state index in [2.05, 4.69) is 5.32 Å². The molecule has 0 bridgehead atoms. The number of thiocarbonyl (C=S) groups is 1. The summed E-state index contributed by atoms with van der Waals surface area (Å²) in [5.74, 6) is -0.0208. The number of benzene rings is 1. The number of nitrogens with one attached hydrogen (secondary N) is 1. The van der Waals surface area contributed by atoms with Crippen LogP contribution in [0.2, 0.25) is 0 Å². The molecule has 0 aromatic heterocycles. The zero-order valence-corrected chi connectivity index (χ0v) is 24.5. The van der Waals surface area contributed by atoms with E-state index in [4.69, 9.17) is 33.3 Å². The van der Waals surface area contributed by atoms with E-state index in [9.17, 15) is 14.4 Å². The molecule has 204 valence electrons. The van der Waals surface area contributed by atoms with Gasteiger partial charge in [0, 0.05) is 11.6 Å². The zero-order chi connectivity index (χ0) is 27.6. The summed E-state index contributed by atoms with van der Waals surface area (Å²) in [7, 11) is 0. The number of alkyl carbamates (subject to hydrolysis) is 1. The van der Waals surface area contributed by atoms with Gasteiger partial charge in [-0.15, -0.1) is 11.6 Å². The number of carbonyl (C=O) groups is 3. The Kier molecular flexibility index (Phi) is 12.4. The van der Waals surface area contributed by atoms with Crippen LogP contribution in [0.5, 0.6) is 0 Å². The van der Waals surface area contributed by atoms with Gasteiger partial charge in [-0.3, -0.25) is 9.69 Å². The van der Waals surface area contributed by atoms with Crippen LogP contribution < -0.4 is 5.32 Å². The Morgan fingerprint density at radius 3 is 2.51 bits per heavy atom. The maximum Gasteiger partial charge on any atom is 0.408 e. The molecule has 0 spiro atoms.